The fourth-order valence-electron chi connectivity index (χ4n) is 0.667. The van der Waals surface area contributed by atoms with E-state index in [0.717, 1.165) is 10.8 Å². The quantitative estimate of drug-likeness (QED) is 0.656. The largest absolute Gasteiger partial charge is 0.317 e. The molecule has 0 amide bonds. The Morgan fingerprint density at radius 3 is 3.00 bits per heavy atom. The Morgan fingerprint density at radius 1 is 1.60 bits per heavy atom. The van der Waals surface area contributed by atoms with Gasteiger partial charge in [-0.15, -0.1) is 11.8 Å². The van der Waals surface area contributed by atoms with Crippen molar-refractivity contribution in [2.45, 2.75) is 11.9 Å². The third kappa shape index (κ3) is 1.92. The molecule has 0 saturated carbocycles. The first-order chi connectivity index (χ1) is 4.83. The first-order valence-corrected chi connectivity index (χ1v) is 4.13. The minimum atomic E-state index is -0.0292. The first-order valence-electron chi connectivity index (χ1n) is 3.15. The van der Waals surface area contributed by atoms with Crippen LogP contribution in [0.4, 0.5) is 0 Å². The van der Waals surface area contributed by atoms with Crippen molar-refractivity contribution in [3.63, 3.8) is 0 Å². The van der Waals surface area contributed by atoms with Gasteiger partial charge in [0.1, 0.15) is 0 Å². The third-order valence-electron chi connectivity index (χ3n) is 1.04. The number of hydrogen-bond acceptors (Lipinski definition) is 2. The molecule has 0 unspecified atom stereocenters. The second kappa shape index (κ2) is 3.46. The summed E-state index contributed by atoms with van der Waals surface area (Å²) in [6.07, 6.45) is 0. The molecule has 3 heteroatoms. The van der Waals surface area contributed by atoms with Gasteiger partial charge in [-0.2, -0.15) is 0 Å². The summed E-state index contributed by atoms with van der Waals surface area (Å²) in [5, 5.41) is 0.940. The molecule has 0 radical (unpaired) electrons. The van der Waals surface area contributed by atoms with E-state index in [1.54, 1.807) is 17.8 Å². The SMILES string of the molecule is CCSc1cccc(=O)[nH]1. The van der Waals surface area contributed by atoms with Crippen LogP contribution in [0, 0.1) is 0 Å². The predicted molar refractivity (Wildman–Crippen MR) is 43.5 cm³/mol. The summed E-state index contributed by atoms with van der Waals surface area (Å²) in [6.45, 7) is 2.05. The zero-order valence-corrected chi connectivity index (χ0v) is 6.57. The lowest BCUT2D eigenvalue weighted by molar-refractivity contribution is 1.08. The van der Waals surface area contributed by atoms with Crippen molar-refractivity contribution >= 4 is 11.8 Å². The predicted octanol–water partition coefficient (Wildman–Crippen LogP) is 1.49. The van der Waals surface area contributed by atoms with Crippen molar-refractivity contribution in [2.75, 3.05) is 5.75 Å². The average Bonchev–Trinajstić information content (AvgIpc) is 1.88. The van der Waals surface area contributed by atoms with E-state index in [4.69, 9.17) is 0 Å². The van der Waals surface area contributed by atoms with Crippen LogP contribution in [0.1, 0.15) is 6.92 Å². The molecule has 0 spiro atoms. The molecule has 0 aromatic carbocycles. The van der Waals surface area contributed by atoms with Crippen molar-refractivity contribution in [3.8, 4) is 0 Å². The van der Waals surface area contributed by atoms with E-state index in [1.807, 2.05) is 6.07 Å². The van der Waals surface area contributed by atoms with Gasteiger partial charge in [-0.05, 0) is 11.8 Å². The van der Waals surface area contributed by atoms with Gasteiger partial charge in [0.15, 0.2) is 0 Å². The number of aromatic nitrogens is 1. The second-order valence-electron chi connectivity index (χ2n) is 1.81. The van der Waals surface area contributed by atoms with E-state index >= 15 is 0 Å². The molecule has 1 rings (SSSR count). The van der Waals surface area contributed by atoms with Crippen molar-refractivity contribution in [1.29, 1.82) is 0 Å². The van der Waals surface area contributed by atoms with Crippen LogP contribution < -0.4 is 5.56 Å². The number of aromatic amines is 1. The maximum absolute atomic E-state index is 10.7. The fraction of sp³-hybridized carbons (Fsp3) is 0.286. The van der Waals surface area contributed by atoms with Crippen LogP contribution in [-0.2, 0) is 0 Å². The normalized spacial score (nSPS) is 9.70. The van der Waals surface area contributed by atoms with Gasteiger partial charge in [0, 0.05) is 6.07 Å². The molecular formula is C7H9NOS. The van der Waals surface area contributed by atoms with Crippen LogP contribution in [0.5, 0.6) is 0 Å². The Kier molecular flexibility index (Phi) is 2.57. The Morgan fingerprint density at radius 2 is 2.40 bits per heavy atom. The molecule has 1 aromatic rings. The number of pyridine rings is 1. The molecule has 0 aliphatic carbocycles. The highest BCUT2D eigenvalue weighted by molar-refractivity contribution is 7.99. The van der Waals surface area contributed by atoms with Crippen LogP contribution in [0.3, 0.4) is 0 Å². The lowest BCUT2D eigenvalue weighted by Crippen LogP contribution is -2.02. The summed E-state index contributed by atoms with van der Waals surface area (Å²) in [6, 6.07) is 5.17. The second-order valence-corrected chi connectivity index (χ2v) is 3.12. The van der Waals surface area contributed by atoms with Crippen LogP contribution >= 0.6 is 11.8 Å². The minimum absolute atomic E-state index is 0.0292. The number of hydrogen-bond donors (Lipinski definition) is 1. The molecule has 0 aliphatic rings. The standard InChI is InChI=1S/C7H9NOS/c1-2-10-7-5-3-4-6(9)8-7/h3-5H,2H2,1H3,(H,8,9). The topological polar surface area (TPSA) is 32.9 Å². The molecule has 1 aromatic heterocycles. The van der Waals surface area contributed by atoms with Crippen molar-refractivity contribution in [2.24, 2.45) is 0 Å². The molecule has 0 atom stereocenters. The molecule has 10 heavy (non-hydrogen) atoms. The van der Waals surface area contributed by atoms with Crippen LogP contribution in [0.25, 0.3) is 0 Å². The van der Waals surface area contributed by atoms with Crippen LogP contribution in [0.15, 0.2) is 28.0 Å². The zero-order chi connectivity index (χ0) is 7.40. The first kappa shape index (κ1) is 7.41. The van der Waals surface area contributed by atoms with Gasteiger partial charge in [-0.3, -0.25) is 4.79 Å². The van der Waals surface area contributed by atoms with Crippen molar-refractivity contribution in [1.82, 2.24) is 4.98 Å². The lowest BCUT2D eigenvalue weighted by Gasteiger charge is -1.94. The van der Waals surface area contributed by atoms with Gasteiger partial charge < -0.3 is 4.98 Å². The van der Waals surface area contributed by atoms with E-state index < -0.39 is 0 Å². The Labute approximate surface area is 63.7 Å². The van der Waals surface area contributed by atoms with Gasteiger partial charge in [0.25, 0.3) is 0 Å². The summed E-state index contributed by atoms with van der Waals surface area (Å²) in [7, 11) is 0. The molecule has 0 bridgehead atoms. The number of nitrogens with one attached hydrogen (secondary N) is 1. The molecule has 0 saturated heterocycles. The highest BCUT2D eigenvalue weighted by Crippen LogP contribution is 2.10. The average molecular weight is 155 g/mol. The van der Waals surface area contributed by atoms with Gasteiger partial charge >= 0.3 is 0 Å². The van der Waals surface area contributed by atoms with Gasteiger partial charge in [-0.1, -0.05) is 13.0 Å². The van der Waals surface area contributed by atoms with Gasteiger partial charge in [0.05, 0.1) is 5.03 Å². The highest BCUT2D eigenvalue weighted by atomic mass is 32.2. The smallest absolute Gasteiger partial charge is 0.248 e. The molecule has 54 valence electrons. The molecular weight excluding hydrogens is 146 g/mol. The fourth-order valence-corrected chi connectivity index (χ4v) is 1.33. The van der Waals surface area contributed by atoms with E-state index in [1.165, 1.54) is 6.07 Å². The lowest BCUT2D eigenvalue weighted by atomic mass is 10.5. The number of H-pyrrole nitrogens is 1. The van der Waals surface area contributed by atoms with Crippen LogP contribution in [-0.4, -0.2) is 10.7 Å². The van der Waals surface area contributed by atoms with Crippen LogP contribution in [0.2, 0.25) is 0 Å². The van der Waals surface area contributed by atoms with E-state index in [0.29, 0.717) is 0 Å². The van der Waals surface area contributed by atoms with Crippen molar-refractivity contribution in [3.05, 3.63) is 28.6 Å². The zero-order valence-electron chi connectivity index (χ0n) is 5.76. The van der Waals surface area contributed by atoms with E-state index in [2.05, 4.69) is 11.9 Å². The molecule has 0 aliphatic heterocycles. The summed E-state index contributed by atoms with van der Waals surface area (Å²) in [5.41, 5.74) is -0.0292. The van der Waals surface area contributed by atoms with E-state index in [-0.39, 0.29) is 5.56 Å². The Balaban J connectivity index is 2.85. The molecule has 2 nitrogen and oxygen atoms in total. The highest BCUT2D eigenvalue weighted by Gasteiger charge is 1.88. The Hall–Kier alpha value is -0.700. The maximum Gasteiger partial charge on any atom is 0.248 e. The molecule has 1 heterocycles. The van der Waals surface area contributed by atoms with E-state index in [9.17, 15) is 4.79 Å². The third-order valence-corrected chi connectivity index (χ3v) is 1.88. The summed E-state index contributed by atoms with van der Waals surface area (Å²) < 4.78 is 0. The van der Waals surface area contributed by atoms with Crippen molar-refractivity contribution < 1.29 is 0 Å². The number of rotatable bonds is 2. The summed E-state index contributed by atoms with van der Waals surface area (Å²) >= 11 is 1.63. The summed E-state index contributed by atoms with van der Waals surface area (Å²) in [5.74, 6) is 0.986. The monoisotopic (exact) mass is 155 g/mol. The molecule has 0 fully saturated rings. The maximum atomic E-state index is 10.7. The summed E-state index contributed by atoms with van der Waals surface area (Å²) in [4.78, 5) is 13.4. The Bertz CT molecular complexity index is 256. The van der Waals surface area contributed by atoms with Gasteiger partial charge in [-0.25, -0.2) is 0 Å². The van der Waals surface area contributed by atoms with Gasteiger partial charge in [0.2, 0.25) is 5.56 Å². The molecule has 1 N–H and O–H groups in total. The number of thioether (sulfide) groups is 1. The minimum Gasteiger partial charge on any atom is -0.317 e.